The molecule has 1 atom stereocenters. The van der Waals surface area contributed by atoms with Gasteiger partial charge in [0.05, 0.1) is 25.5 Å². The van der Waals surface area contributed by atoms with E-state index in [9.17, 15) is 0 Å². The van der Waals surface area contributed by atoms with Gasteiger partial charge in [0.15, 0.2) is 0 Å². The summed E-state index contributed by atoms with van der Waals surface area (Å²) in [7, 11) is 1.64. The van der Waals surface area contributed by atoms with E-state index in [0.29, 0.717) is 12.4 Å². The lowest BCUT2D eigenvalue weighted by Crippen LogP contribution is -2.33. The van der Waals surface area contributed by atoms with Crippen LogP contribution in [0.1, 0.15) is 11.7 Å². The van der Waals surface area contributed by atoms with Gasteiger partial charge >= 0.3 is 0 Å². The number of rotatable bonds is 4. The van der Waals surface area contributed by atoms with Crippen LogP contribution in [0.4, 0.5) is 11.5 Å². The molecule has 1 fully saturated rings. The van der Waals surface area contributed by atoms with Crippen molar-refractivity contribution in [3.05, 3.63) is 41.3 Å². The van der Waals surface area contributed by atoms with Gasteiger partial charge in [-0.25, -0.2) is 9.97 Å². The molecule has 3 rings (SSSR count). The summed E-state index contributed by atoms with van der Waals surface area (Å²) in [5, 5.41) is 6.69. The van der Waals surface area contributed by atoms with Crippen LogP contribution in [0.3, 0.4) is 0 Å². The molecular formula is C15H17ClN4O2. The highest BCUT2D eigenvalue weighted by Crippen LogP contribution is 2.31. The molecule has 0 bridgehead atoms. The van der Waals surface area contributed by atoms with Gasteiger partial charge in [-0.15, -0.1) is 0 Å². The maximum Gasteiger partial charge on any atom is 0.224 e. The van der Waals surface area contributed by atoms with E-state index >= 15 is 0 Å². The van der Waals surface area contributed by atoms with E-state index in [-0.39, 0.29) is 11.4 Å². The number of morpholine rings is 1. The largest absolute Gasteiger partial charge is 0.495 e. The fourth-order valence-corrected chi connectivity index (χ4v) is 2.48. The van der Waals surface area contributed by atoms with Crippen molar-refractivity contribution in [2.24, 2.45) is 0 Å². The lowest BCUT2D eigenvalue weighted by atomic mass is 10.1. The van der Waals surface area contributed by atoms with Crippen molar-refractivity contribution in [1.82, 2.24) is 15.3 Å². The molecule has 0 saturated carbocycles. The van der Waals surface area contributed by atoms with Gasteiger partial charge in [0.2, 0.25) is 5.28 Å². The predicted octanol–water partition coefficient (Wildman–Crippen LogP) is 2.54. The molecule has 0 spiro atoms. The molecule has 1 aliphatic rings. The van der Waals surface area contributed by atoms with E-state index in [2.05, 4.69) is 20.6 Å². The van der Waals surface area contributed by atoms with Crippen LogP contribution >= 0.6 is 11.6 Å². The van der Waals surface area contributed by atoms with Crippen molar-refractivity contribution in [3.8, 4) is 5.75 Å². The average molecular weight is 321 g/mol. The summed E-state index contributed by atoms with van der Waals surface area (Å²) in [4.78, 5) is 7.97. The lowest BCUT2D eigenvalue weighted by molar-refractivity contribution is 0.0276. The first-order valence-electron chi connectivity index (χ1n) is 7.02. The quantitative estimate of drug-likeness (QED) is 0.844. The van der Waals surface area contributed by atoms with Gasteiger partial charge in [-0.05, 0) is 35.4 Å². The summed E-state index contributed by atoms with van der Waals surface area (Å²) in [6.07, 6.45) is 1.64. The Kier molecular flexibility index (Phi) is 4.72. The van der Waals surface area contributed by atoms with Gasteiger partial charge in [-0.3, -0.25) is 0 Å². The van der Waals surface area contributed by atoms with Crippen LogP contribution in [0, 0.1) is 0 Å². The fraction of sp³-hybridized carbons (Fsp3) is 0.333. The predicted molar refractivity (Wildman–Crippen MR) is 84.9 cm³/mol. The Bertz CT molecular complexity index is 647. The second-order valence-electron chi connectivity index (χ2n) is 4.86. The zero-order valence-electron chi connectivity index (χ0n) is 12.2. The minimum atomic E-state index is 0.0465. The third-order valence-electron chi connectivity index (χ3n) is 3.41. The summed E-state index contributed by atoms with van der Waals surface area (Å²) in [5.41, 5.74) is 1.89. The molecule has 1 aromatic carbocycles. The first-order valence-corrected chi connectivity index (χ1v) is 7.40. The molecule has 1 aromatic heterocycles. The van der Waals surface area contributed by atoms with E-state index in [1.807, 2.05) is 18.2 Å². The monoisotopic (exact) mass is 320 g/mol. The van der Waals surface area contributed by atoms with Gasteiger partial charge in [0, 0.05) is 19.3 Å². The standard InChI is InChI=1S/C15H17ClN4O2/c1-21-12-8-10(13-9-17-6-7-22-13)2-3-11(12)19-14-4-5-18-15(16)20-14/h2-5,8,13,17H,6-7,9H2,1H3,(H,18,19,20). The van der Waals surface area contributed by atoms with Crippen molar-refractivity contribution >= 4 is 23.1 Å². The van der Waals surface area contributed by atoms with Crippen molar-refractivity contribution in [2.75, 3.05) is 32.1 Å². The topological polar surface area (TPSA) is 68.3 Å². The molecule has 6 nitrogen and oxygen atoms in total. The van der Waals surface area contributed by atoms with Crippen molar-refractivity contribution in [1.29, 1.82) is 0 Å². The smallest absolute Gasteiger partial charge is 0.224 e. The number of aromatic nitrogens is 2. The van der Waals surface area contributed by atoms with Crippen molar-refractivity contribution < 1.29 is 9.47 Å². The second-order valence-corrected chi connectivity index (χ2v) is 5.20. The maximum atomic E-state index is 5.79. The average Bonchev–Trinajstić information content (AvgIpc) is 2.56. The Balaban J connectivity index is 1.82. The number of nitrogens with zero attached hydrogens (tertiary/aromatic N) is 2. The summed E-state index contributed by atoms with van der Waals surface area (Å²) in [6.45, 7) is 2.41. The number of nitrogens with one attached hydrogen (secondary N) is 2. The lowest BCUT2D eigenvalue weighted by Gasteiger charge is -2.24. The Hall–Kier alpha value is -1.89. The number of benzene rings is 1. The third kappa shape index (κ3) is 3.47. The minimum absolute atomic E-state index is 0.0465. The van der Waals surface area contributed by atoms with E-state index < -0.39 is 0 Å². The molecule has 2 aromatic rings. The van der Waals surface area contributed by atoms with E-state index in [0.717, 1.165) is 30.1 Å². The number of halogens is 1. The molecule has 0 radical (unpaired) electrons. The van der Waals surface area contributed by atoms with Crippen LogP contribution in [0.15, 0.2) is 30.5 Å². The van der Waals surface area contributed by atoms with Crippen LogP contribution in [-0.2, 0) is 4.74 Å². The Labute approximate surface area is 133 Å². The van der Waals surface area contributed by atoms with Gasteiger partial charge < -0.3 is 20.1 Å². The number of hydrogen-bond acceptors (Lipinski definition) is 6. The van der Waals surface area contributed by atoms with Crippen LogP contribution < -0.4 is 15.4 Å². The highest BCUT2D eigenvalue weighted by atomic mass is 35.5. The van der Waals surface area contributed by atoms with Gasteiger partial charge in [-0.1, -0.05) is 6.07 Å². The molecule has 0 aliphatic carbocycles. The SMILES string of the molecule is COc1cc(C2CNCCO2)ccc1Nc1ccnc(Cl)n1. The number of ether oxygens (including phenoxy) is 2. The van der Waals surface area contributed by atoms with E-state index in [1.165, 1.54) is 0 Å². The highest BCUT2D eigenvalue weighted by molar-refractivity contribution is 6.28. The van der Waals surface area contributed by atoms with Gasteiger partial charge in [0.25, 0.3) is 0 Å². The third-order valence-corrected chi connectivity index (χ3v) is 3.60. The van der Waals surface area contributed by atoms with E-state index in [1.54, 1.807) is 19.4 Å². The summed E-state index contributed by atoms with van der Waals surface area (Å²) in [6, 6.07) is 7.68. The molecule has 2 heterocycles. The molecular weight excluding hydrogens is 304 g/mol. The molecule has 2 N–H and O–H groups in total. The summed E-state index contributed by atoms with van der Waals surface area (Å²) in [5.74, 6) is 1.34. The Morgan fingerprint density at radius 1 is 1.41 bits per heavy atom. The molecule has 0 amide bonds. The van der Waals surface area contributed by atoms with Crippen LogP contribution in [0.5, 0.6) is 5.75 Å². The molecule has 1 saturated heterocycles. The van der Waals surface area contributed by atoms with Crippen LogP contribution in [0.2, 0.25) is 5.28 Å². The van der Waals surface area contributed by atoms with E-state index in [4.69, 9.17) is 21.1 Å². The second kappa shape index (κ2) is 6.91. The summed E-state index contributed by atoms with van der Waals surface area (Å²) < 4.78 is 11.2. The minimum Gasteiger partial charge on any atom is -0.495 e. The maximum absolute atomic E-state index is 5.79. The molecule has 116 valence electrons. The zero-order chi connectivity index (χ0) is 15.4. The number of methoxy groups -OCH3 is 1. The zero-order valence-corrected chi connectivity index (χ0v) is 12.9. The van der Waals surface area contributed by atoms with Crippen molar-refractivity contribution in [3.63, 3.8) is 0 Å². The number of hydrogen-bond donors (Lipinski definition) is 2. The molecule has 1 unspecified atom stereocenters. The Morgan fingerprint density at radius 2 is 2.32 bits per heavy atom. The molecule has 22 heavy (non-hydrogen) atoms. The van der Waals surface area contributed by atoms with Crippen molar-refractivity contribution in [2.45, 2.75) is 6.10 Å². The normalized spacial score (nSPS) is 18.0. The molecule has 1 aliphatic heterocycles. The highest BCUT2D eigenvalue weighted by Gasteiger charge is 2.17. The summed E-state index contributed by atoms with van der Waals surface area (Å²) >= 11 is 5.79. The fourth-order valence-electron chi connectivity index (χ4n) is 2.33. The Morgan fingerprint density at radius 3 is 3.05 bits per heavy atom. The first-order chi connectivity index (χ1) is 10.8. The van der Waals surface area contributed by atoms with Gasteiger partial charge in [0.1, 0.15) is 11.6 Å². The number of anilines is 2. The first kappa shape index (κ1) is 15.0. The van der Waals surface area contributed by atoms with Crippen LogP contribution in [-0.4, -0.2) is 36.8 Å². The van der Waals surface area contributed by atoms with Gasteiger partial charge in [-0.2, -0.15) is 0 Å². The van der Waals surface area contributed by atoms with Crippen LogP contribution in [0.25, 0.3) is 0 Å². The molecule has 7 heteroatoms.